The number of aliphatic carboxylic acids is 2. The van der Waals surface area contributed by atoms with Crippen LogP contribution in [0.25, 0.3) is 10.9 Å². The number of amides is 16. The molecule has 2 aromatic heterocycles. The van der Waals surface area contributed by atoms with Gasteiger partial charge in [0.25, 0.3) is 0 Å². The number of benzene rings is 2. The van der Waals surface area contributed by atoms with E-state index in [0.29, 0.717) is 34.9 Å². The molecule has 148 heavy (non-hydrogen) atoms. The largest absolute Gasteiger partial charge is 0.480 e. The molecule has 1 unspecified atom stereocenters. The van der Waals surface area contributed by atoms with Crippen molar-refractivity contribution in [3.63, 3.8) is 0 Å². The summed E-state index contributed by atoms with van der Waals surface area (Å²) >= 11 is 0. The van der Waals surface area contributed by atoms with Crippen LogP contribution in [0.15, 0.2) is 60.8 Å². The van der Waals surface area contributed by atoms with E-state index in [4.69, 9.17) is 32.1 Å². The molecule has 2 aromatic carbocycles. The number of para-hydroxylation sites is 1. The molecule has 822 valence electrons. The predicted octanol–water partition coefficient (Wildman–Crippen LogP) is -4.94. The molecule has 52 nitrogen and oxygen atoms in total. The number of nitrogens with one attached hydrogen (secondary N) is 18. The Bertz CT molecular complexity index is 4850. The van der Waals surface area contributed by atoms with Crippen LogP contribution in [0.5, 0.6) is 0 Å². The summed E-state index contributed by atoms with van der Waals surface area (Å²) < 4.78 is 10.8. The van der Waals surface area contributed by atoms with E-state index in [1.54, 1.807) is 67.7 Å². The monoisotopic (exact) mass is 2090 g/mol. The van der Waals surface area contributed by atoms with Crippen LogP contribution in [0, 0.1) is 5.41 Å². The highest BCUT2D eigenvalue weighted by Crippen LogP contribution is 2.25. The minimum atomic E-state index is -2.03. The average Bonchev–Trinajstić information content (AvgIpc) is 1.66. The fourth-order valence-electron chi connectivity index (χ4n) is 16.7. The van der Waals surface area contributed by atoms with Gasteiger partial charge in [-0.05, 0) is 118 Å². The van der Waals surface area contributed by atoms with E-state index in [-0.39, 0.29) is 129 Å². The van der Waals surface area contributed by atoms with E-state index in [9.17, 15) is 93.0 Å². The molecule has 2 saturated heterocycles. The smallest absolute Gasteiger partial charge is 0.317 e. The SMILES string of the molecule is CCCC[C@H](NC(=O)[C@H](CCCCNC(O)CN(CC(=O)O)CC(=O)O)NC(=O)[C@H](CO)NC(=O)[C@H](CCC(N)=O)NC(=O)[C@H](CO)NC(=O)CNC(=O)COCCOCCNC(=O)CCCCCCCCCCCCCCCc1nnn[nH]1)C(=O)N[C@H]1CCC(=O)NCCCC[C@@H](C(N)=O)NC(=O)[C@@H](Cc2c[nH]c3ccccc23)NC(=O)[C@H](CCCNC(=N)N)NC(=O)[C@@H](Cc2ccccc2)NC(=O)[C@@H]2C[C@@H](O)CN2C1=O. The van der Waals surface area contributed by atoms with E-state index in [1.807, 2.05) is 0 Å². The first-order valence-corrected chi connectivity index (χ1v) is 50.8. The molecular weight excluding hydrogens is 1930 g/mol. The zero-order valence-corrected chi connectivity index (χ0v) is 84.0. The third-order valence-electron chi connectivity index (χ3n) is 24.7. The Kier molecular flexibility index (Phi) is 57.9. The fourth-order valence-corrected chi connectivity index (χ4v) is 16.7. The summed E-state index contributed by atoms with van der Waals surface area (Å²) in [7, 11) is 0. The van der Waals surface area contributed by atoms with E-state index >= 15 is 24.0 Å². The number of aliphatic hydroxyl groups is 4. The Morgan fingerprint density at radius 1 is 0.574 bits per heavy atom. The number of tetrazole rings is 1. The first-order chi connectivity index (χ1) is 71.0. The Hall–Kier alpha value is -13.5. The highest BCUT2D eigenvalue weighted by atomic mass is 16.5. The summed E-state index contributed by atoms with van der Waals surface area (Å²) in [6, 6.07) is -2.95. The molecule has 6 rings (SSSR count). The number of rotatable bonds is 66. The third-order valence-corrected chi connectivity index (χ3v) is 24.7. The van der Waals surface area contributed by atoms with Gasteiger partial charge >= 0.3 is 11.9 Å². The normalized spacial score (nSPS) is 18.4. The predicted molar refractivity (Wildman–Crippen MR) is 534 cm³/mol. The van der Waals surface area contributed by atoms with E-state index in [2.05, 4.69) is 105 Å². The lowest BCUT2D eigenvalue weighted by Crippen LogP contribution is -2.61. The standard InChI is InChI=1S/C96H152N26O26/c1-2-3-30-66(87(138)113-70-38-40-79(128)101-41-24-22-32-65(85(98)136)108-91(142)72(49-61-51-105-64-31-21-20-29-63(61)64)114-88(139)68(34-26-43-104-96(99)100)110-90(141)71(48-60-27-16-15-17-28-60)115-94(145)75-50-62(125)53-122(75)95(70)146)109-86(137)67(33-23-25-42-102-81(130)54-121(55-83(132)133)56-84(134)135)111-93(144)74(58-124)116-89(140)69(37-39-76(97)126)112-92(143)73(57-123)107-80(129)52-106-82(131)59-148-47-46-147-45-44-103-78(127)36-19-14-12-10-8-6-4-5-7-9-11-13-18-35-77-117-119-120-118-77/h15-17,20-21,27-29,31,51,62,65-75,81,102,105,123-125,130H,2-14,18-19,22-26,30,32-50,52-59H2,1H3,(H2,97,126)(H2,98,136)(H,101,128)(H,103,127)(H,106,131)(H,107,129)(H,108,142)(H,109,137)(H,110,141)(H,111,144)(H,112,143)(H,113,138)(H,114,139)(H,115,145)(H,116,140)(H,132,133)(H,134,135)(H4,99,100,104)(H,117,118,119,120)/t62-,65+,66+,67+,68+,69+,70+,71-,72-,73+,74+,75+,81?/m1/s1. The Morgan fingerprint density at radius 2 is 1.16 bits per heavy atom. The molecule has 2 aliphatic rings. The lowest BCUT2D eigenvalue weighted by molar-refractivity contribution is -0.143. The lowest BCUT2D eigenvalue weighted by atomic mass is 10.0. The number of guanidine groups is 1. The number of aryl methyl sites for hydroxylation is 1. The van der Waals surface area contributed by atoms with Crippen molar-refractivity contribution in [2.24, 2.45) is 17.2 Å². The van der Waals surface area contributed by atoms with Gasteiger partial charge in [-0.15, -0.1) is 5.10 Å². The van der Waals surface area contributed by atoms with Gasteiger partial charge in [-0.25, -0.2) is 5.10 Å². The van der Waals surface area contributed by atoms with Crippen LogP contribution in [0.4, 0.5) is 0 Å². The van der Waals surface area contributed by atoms with Crippen molar-refractivity contribution in [3.8, 4) is 0 Å². The number of nitrogens with zero attached hydrogens (tertiary/aromatic N) is 5. The maximum absolute atomic E-state index is 15.5. The number of unbranched alkanes of at least 4 members (excludes halogenated alkanes) is 14. The van der Waals surface area contributed by atoms with Gasteiger partial charge < -0.3 is 142 Å². The van der Waals surface area contributed by atoms with Gasteiger partial charge in [-0.2, -0.15) is 0 Å². The van der Waals surface area contributed by atoms with Gasteiger partial charge in [0.15, 0.2) is 5.96 Å². The maximum Gasteiger partial charge on any atom is 0.317 e. The number of carbonyl (C=O) groups excluding carboxylic acids is 16. The number of nitrogens with two attached hydrogens (primary N) is 3. The minimum Gasteiger partial charge on any atom is -0.480 e. The van der Waals surface area contributed by atoms with Crippen molar-refractivity contribution in [2.75, 3.05) is 98.5 Å². The Morgan fingerprint density at radius 3 is 1.79 bits per heavy atom. The Balaban J connectivity index is 1.13. The van der Waals surface area contributed by atoms with Crippen LogP contribution in [-0.2, 0) is 115 Å². The number of primary amides is 2. The van der Waals surface area contributed by atoms with Gasteiger partial charge in [0.2, 0.25) is 94.5 Å². The molecule has 30 N–H and O–H groups in total. The Labute approximate surface area is 857 Å². The highest BCUT2D eigenvalue weighted by Gasteiger charge is 2.45. The highest BCUT2D eigenvalue weighted by molar-refractivity contribution is 6.01. The summed E-state index contributed by atoms with van der Waals surface area (Å²) in [5.41, 5.74) is 18.7. The van der Waals surface area contributed by atoms with Crippen molar-refractivity contribution in [2.45, 2.75) is 298 Å². The summed E-state index contributed by atoms with van der Waals surface area (Å²) in [4.78, 5) is 254. The first kappa shape index (κ1) is 123. The molecule has 0 saturated carbocycles. The zero-order valence-electron chi connectivity index (χ0n) is 84.0. The quantitative estimate of drug-likeness (QED) is 0.00852. The van der Waals surface area contributed by atoms with E-state index < -0.39 is 270 Å². The molecule has 2 aliphatic heterocycles. The molecule has 0 spiro atoms. The lowest BCUT2D eigenvalue weighted by Gasteiger charge is -2.31. The number of carbonyl (C=O) groups is 18. The number of aliphatic hydroxyl groups excluding tert-OH is 4. The maximum atomic E-state index is 15.5. The number of H-pyrrole nitrogens is 2. The second kappa shape index (κ2) is 69.6. The molecule has 0 bridgehead atoms. The van der Waals surface area contributed by atoms with Gasteiger partial charge in [0.05, 0.1) is 58.8 Å². The fraction of sp³-hybridized carbons (Fsp3) is 0.646. The molecule has 0 radical (unpaired) electrons. The van der Waals surface area contributed by atoms with Gasteiger partial charge in [-0.1, -0.05) is 139 Å². The van der Waals surface area contributed by atoms with Crippen molar-refractivity contribution >= 4 is 123 Å². The summed E-state index contributed by atoms with van der Waals surface area (Å²) in [5.74, 6) is -17.7. The number of carboxylic acid groups (broad SMARTS) is 2. The number of aromatic nitrogens is 5. The molecule has 4 aromatic rings. The number of hydrogen-bond acceptors (Lipinski definition) is 30. The molecular formula is C96H152N26O26. The van der Waals surface area contributed by atoms with Gasteiger partial charge in [-0.3, -0.25) is 102 Å². The summed E-state index contributed by atoms with van der Waals surface area (Å²) in [5, 5.41) is 123. The molecule has 52 heteroatoms. The average molecular weight is 2090 g/mol. The van der Waals surface area contributed by atoms with Crippen LogP contribution in [0.3, 0.4) is 0 Å². The molecule has 4 heterocycles. The number of aromatic amines is 2. The summed E-state index contributed by atoms with van der Waals surface area (Å²) in [6.45, 7) is -4.18. The molecule has 16 amide bonds. The van der Waals surface area contributed by atoms with Gasteiger partial charge in [0, 0.05) is 94.8 Å². The van der Waals surface area contributed by atoms with E-state index in [0.717, 1.165) is 54.1 Å². The molecule has 2 fully saturated rings. The molecule has 0 aliphatic carbocycles. The zero-order chi connectivity index (χ0) is 108. The summed E-state index contributed by atoms with van der Waals surface area (Å²) in [6.07, 6.45) is 11.6. The van der Waals surface area contributed by atoms with E-state index in [1.165, 1.54) is 51.4 Å². The topological polar surface area (TPSA) is 806 Å². The van der Waals surface area contributed by atoms with Crippen molar-refractivity contribution in [1.29, 1.82) is 5.41 Å². The second-order valence-electron chi connectivity index (χ2n) is 36.8. The first-order valence-electron chi connectivity index (χ1n) is 50.8. The number of hydrogen-bond donors (Lipinski definition) is 27. The minimum absolute atomic E-state index is 0.0228. The molecule has 13 atom stereocenters. The number of ether oxygens (including phenoxy) is 2. The third kappa shape index (κ3) is 48.9. The number of carboxylic acids is 2. The van der Waals surface area contributed by atoms with Crippen LogP contribution in [-0.4, -0.2) is 356 Å². The van der Waals surface area contributed by atoms with Crippen LogP contribution >= 0.6 is 0 Å². The van der Waals surface area contributed by atoms with Crippen molar-refractivity contribution < 1.29 is 126 Å². The number of fused-ring (bicyclic) bond motifs is 2. The van der Waals surface area contributed by atoms with Crippen LogP contribution in [0.2, 0.25) is 0 Å². The van der Waals surface area contributed by atoms with Crippen LogP contribution < -0.4 is 97.0 Å². The second-order valence-corrected chi connectivity index (χ2v) is 36.8. The van der Waals surface area contributed by atoms with Crippen LogP contribution in [0.1, 0.15) is 216 Å². The van der Waals surface area contributed by atoms with Crippen molar-refractivity contribution in [1.82, 2.24) is 115 Å². The van der Waals surface area contributed by atoms with Crippen molar-refractivity contribution in [3.05, 3.63) is 77.7 Å². The van der Waals surface area contributed by atoms with Gasteiger partial charge in [0.1, 0.15) is 85.1 Å².